The van der Waals surface area contributed by atoms with E-state index in [9.17, 15) is 0 Å². The Morgan fingerprint density at radius 2 is 2.12 bits per heavy atom. The monoisotopic (exact) mass is 227 g/mol. The lowest BCUT2D eigenvalue weighted by Crippen LogP contribution is -2.40. The van der Waals surface area contributed by atoms with Gasteiger partial charge in [0, 0.05) is 5.54 Å². The molecule has 90 valence electrons. The lowest BCUT2D eigenvalue weighted by atomic mass is 9.85. The van der Waals surface area contributed by atoms with Crippen LogP contribution in [-0.2, 0) is 0 Å². The van der Waals surface area contributed by atoms with Crippen LogP contribution >= 0.6 is 0 Å². The van der Waals surface area contributed by atoms with Gasteiger partial charge >= 0.3 is 0 Å². The number of benzene rings is 1. The summed E-state index contributed by atoms with van der Waals surface area (Å²) >= 11 is 0. The summed E-state index contributed by atoms with van der Waals surface area (Å²) in [6.45, 7) is 1.23. The highest BCUT2D eigenvalue weighted by Gasteiger charge is 2.44. The maximum Gasteiger partial charge on any atom is 0.0244 e. The van der Waals surface area contributed by atoms with Crippen LogP contribution in [0.2, 0.25) is 0 Å². The van der Waals surface area contributed by atoms with Crippen molar-refractivity contribution < 1.29 is 0 Å². The largest absolute Gasteiger partial charge is 0.311 e. The number of hydrogen-bond acceptors (Lipinski definition) is 1. The highest BCUT2D eigenvalue weighted by molar-refractivity contribution is 5.48. The molecule has 0 aromatic heterocycles. The van der Waals surface area contributed by atoms with Gasteiger partial charge < -0.3 is 5.32 Å². The molecule has 3 rings (SSSR count). The Labute approximate surface area is 104 Å². The van der Waals surface area contributed by atoms with Gasteiger partial charge in [0.2, 0.25) is 0 Å². The molecule has 0 bridgehead atoms. The average molecular weight is 227 g/mol. The SMILES string of the molecule is C(=C\c1ccccc1)/C[C@@]12CCC[C@@H]1CCN2. The average Bonchev–Trinajstić information content (AvgIpc) is 2.89. The maximum absolute atomic E-state index is 3.77. The second-order valence-electron chi connectivity index (χ2n) is 5.48. The molecule has 1 heterocycles. The second kappa shape index (κ2) is 4.66. The van der Waals surface area contributed by atoms with E-state index in [0.717, 1.165) is 5.92 Å². The molecule has 0 unspecified atom stereocenters. The molecule has 2 aliphatic rings. The van der Waals surface area contributed by atoms with Crippen molar-refractivity contribution in [3.8, 4) is 0 Å². The lowest BCUT2D eigenvalue weighted by Gasteiger charge is -2.28. The molecular weight excluding hydrogens is 206 g/mol. The zero-order valence-electron chi connectivity index (χ0n) is 10.4. The van der Waals surface area contributed by atoms with E-state index in [0.29, 0.717) is 5.54 Å². The number of nitrogens with one attached hydrogen (secondary N) is 1. The van der Waals surface area contributed by atoms with Gasteiger partial charge in [0.05, 0.1) is 0 Å². The summed E-state index contributed by atoms with van der Waals surface area (Å²) in [6.07, 6.45) is 11.4. The lowest BCUT2D eigenvalue weighted by molar-refractivity contribution is 0.325. The van der Waals surface area contributed by atoms with Gasteiger partial charge in [-0.25, -0.2) is 0 Å². The van der Waals surface area contributed by atoms with E-state index >= 15 is 0 Å². The van der Waals surface area contributed by atoms with Crippen LogP contribution < -0.4 is 5.32 Å². The zero-order chi connectivity index (χ0) is 11.6. The molecule has 1 saturated heterocycles. The minimum absolute atomic E-state index is 0.450. The predicted molar refractivity (Wildman–Crippen MR) is 72.8 cm³/mol. The summed E-state index contributed by atoms with van der Waals surface area (Å²) in [5.74, 6) is 0.933. The first kappa shape index (κ1) is 11.0. The van der Waals surface area contributed by atoms with Gasteiger partial charge in [0.25, 0.3) is 0 Å². The van der Waals surface area contributed by atoms with Crippen molar-refractivity contribution in [2.24, 2.45) is 5.92 Å². The van der Waals surface area contributed by atoms with Crippen molar-refractivity contribution >= 4 is 6.08 Å². The standard InChI is InChI=1S/C16H21N/c1-2-6-14(7-3-1)8-4-11-16-12-5-9-15(16)10-13-17-16/h1-4,6-8,15,17H,5,9-13H2/b8-4+/t15-,16-/m1/s1. The molecule has 0 radical (unpaired) electrons. The van der Waals surface area contributed by atoms with Crippen LogP contribution in [0.25, 0.3) is 6.08 Å². The van der Waals surface area contributed by atoms with Gasteiger partial charge in [0.15, 0.2) is 0 Å². The van der Waals surface area contributed by atoms with Crippen LogP contribution in [-0.4, -0.2) is 12.1 Å². The van der Waals surface area contributed by atoms with E-state index in [1.807, 2.05) is 0 Å². The number of hydrogen-bond donors (Lipinski definition) is 1. The van der Waals surface area contributed by atoms with Gasteiger partial charge in [-0.1, -0.05) is 48.9 Å². The summed E-state index contributed by atoms with van der Waals surface area (Å²) in [5, 5.41) is 3.77. The predicted octanol–water partition coefficient (Wildman–Crippen LogP) is 3.62. The smallest absolute Gasteiger partial charge is 0.0244 e. The Bertz CT molecular complexity index is 383. The van der Waals surface area contributed by atoms with E-state index in [4.69, 9.17) is 0 Å². The normalized spacial score (nSPS) is 32.1. The third-order valence-electron chi connectivity index (χ3n) is 4.52. The molecular formula is C16H21N. The molecule has 1 aliphatic carbocycles. The summed E-state index contributed by atoms with van der Waals surface area (Å²) in [7, 11) is 0. The van der Waals surface area contributed by atoms with Gasteiger partial charge in [-0.3, -0.25) is 0 Å². The van der Waals surface area contributed by atoms with E-state index in [1.54, 1.807) is 0 Å². The summed E-state index contributed by atoms with van der Waals surface area (Å²) in [4.78, 5) is 0. The van der Waals surface area contributed by atoms with E-state index in [1.165, 1.54) is 44.2 Å². The maximum atomic E-state index is 3.77. The Morgan fingerprint density at radius 3 is 3.00 bits per heavy atom. The molecule has 1 saturated carbocycles. The Hall–Kier alpha value is -1.08. The van der Waals surface area contributed by atoms with Crippen molar-refractivity contribution in [2.75, 3.05) is 6.54 Å². The van der Waals surface area contributed by atoms with Crippen molar-refractivity contribution in [2.45, 2.75) is 37.6 Å². The van der Waals surface area contributed by atoms with E-state index in [-0.39, 0.29) is 0 Å². The molecule has 2 atom stereocenters. The fourth-order valence-corrected chi connectivity index (χ4v) is 3.60. The fourth-order valence-electron chi connectivity index (χ4n) is 3.60. The van der Waals surface area contributed by atoms with E-state index < -0.39 is 0 Å². The quantitative estimate of drug-likeness (QED) is 0.831. The highest BCUT2D eigenvalue weighted by Crippen LogP contribution is 2.43. The van der Waals surface area contributed by atoms with Gasteiger partial charge in [0.1, 0.15) is 0 Å². The zero-order valence-corrected chi connectivity index (χ0v) is 10.4. The first-order valence-corrected chi connectivity index (χ1v) is 6.86. The first-order chi connectivity index (χ1) is 8.39. The Kier molecular flexibility index (Phi) is 3.02. The molecule has 0 spiro atoms. The Balaban J connectivity index is 1.66. The molecule has 1 nitrogen and oxygen atoms in total. The van der Waals surface area contributed by atoms with Gasteiger partial charge in [-0.15, -0.1) is 0 Å². The van der Waals surface area contributed by atoms with Crippen LogP contribution in [0.15, 0.2) is 36.4 Å². The van der Waals surface area contributed by atoms with Crippen molar-refractivity contribution in [1.29, 1.82) is 0 Å². The molecule has 0 amide bonds. The summed E-state index contributed by atoms with van der Waals surface area (Å²) < 4.78 is 0. The first-order valence-electron chi connectivity index (χ1n) is 6.86. The Morgan fingerprint density at radius 1 is 1.24 bits per heavy atom. The fraction of sp³-hybridized carbons (Fsp3) is 0.500. The van der Waals surface area contributed by atoms with Crippen LogP contribution in [0.3, 0.4) is 0 Å². The molecule has 17 heavy (non-hydrogen) atoms. The van der Waals surface area contributed by atoms with Gasteiger partial charge in [-0.05, 0) is 43.7 Å². The van der Waals surface area contributed by atoms with Crippen molar-refractivity contribution in [3.05, 3.63) is 42.0 Å². The molecule has 1 aromatic rings. The molecule has 1 N–H and O–H groups in total. The van der Waals surface area contributed by atoms with E-state index in [2.05, 4.69) is 47.8 Å². The number of fused-ring (bicyclic) bond motifs is 1. The van der Waals surface area contributed by atoms with Crippen molar-refractivity contribution in [1.82, 2.24) is 5.32 Å². The van der Waals surface area contributed by atoms with Crippen molar-refractivity contribution in [3.63, 3.8) is 0 Å². The molecule has 1 aromatic carbocycles. The minimum Gasteiger partial charge on any atom is -0.311 e. The van der Waals surface area contributed by atoms with Crippen LogP contribution in [0.1, 0.15) is 37.7 Å². The van der Waals surface area contributed by atoms with Gasteiger partial charge in [-0.2, -0.15) is 0 Å². The molecule has 2 fully saturated rings. The molecule has 1 heteroatoms. The number of rotatable bonds is 3. The third kappa shape index (κ3) is 2.16. The highest BCUT2D eigenvalue weighted by atomic mass is 15.0. The van der Waals surface area contributed by atoms with Crippen LogP contribution in [0.4, 0.5) is 0 Å². The summed E-state index contributed by atoms with van der Waals surface area (Å²) in [5.41, 5.74) is 1.77. The summed E-state index contributed by atoms with van der Waals surface area (Å²) in [6, 6.07) is 10.6. The van der Waals surface area contributed by atoms with Crippen LogP contribution in [0, 0.1) is 5.92 Å². The third-order valence-corrected chi connectivity index (χ3v) is 4.52. The minimum atomic E-state index is 0.450. The topological polar surface area (TPSA) is 12.0 Å². The van der Waals surface area contributed by atoms with Crippen LogP contribution in [0.5, 0.6) is 0 Å². The molecule has 1 aliphatic heterocycles. The second-order valence-corrected chi connectivity index (χ2v) is 5.48.